The third kappa shape index (κ3) is 4.16. The number of nitrogens with one attached hydrogen (secondary N) is 1. The summed E-state index contributed by atoms with van der Waals surface area (Å²) in [5, 5.41) is 2.73. The van der Waals surface area contributed by atoms with E-state index in [9.17, 15) is 9.18 Å². The number of hydrogen-bond donors (Lipinski definition) is 1. The first kappa shape index (κ1) is 14.2. The summed E-state index contributed by atoms with van der Waals surface area (Å²) in [6, 6.07) is 7.85. The fraction of sp³-hybridized carbons (Fsp3) is 0. The Hall–Kier alpha value is -1.17. The van der Waals surface area contributed by atoms with Crippen LogP contribution in [0, 0.1) is 5.82 Å². The second-order valence-corrected chi connectivity index (χ2v) is 6.52. The van der Waals surface area contributed by atoms with E-state index in [-0.39, 0.29) is 10.7 Å². The van der Waals surface area contributed by atoms with Crippen molar-refractivity contribution in [3.63, 3.8) is 0 Å². The van der Waals surface area contributed by atoms with Gasteiger partial charge in [-0.15, -0.1) is 11.3 Å². The largest absolute Gasteiger partial charge is 0.320 e. The molecule has 0 saturated heterocycles. The maximum atomic E-state index is 13.4. The zero-order chi connectivity index (χ0) is 13.8. The number of benzene rings is 1. The Labute approximate surface area is 127 Å². The number of halogens is 3. The quantitative estimate of drug-likeness (QED) is 0.771. The molecular weight excluding hydrogens is 353 g/mol. The van der Waals surface area contributed by atoms with Crippen LogP contribution in [0.15, 0.2) is 40.2 Å². The standard InChI is InChI=1S/C13H8BrClFNOS/c14-12-5-2-9(19-12)3-6-13(18)17-11-4-1-8(15)7-10(11)16/h1-7H,(H,17,18)/b6-3+. The lowest BCUT2D eigenvalue weighted by Gasteiger charge is -2.03. The van der Waals surface area contributed by atoms with Gasteiger partial charge in [0.25, 0.3) is 0 Å². The second-order valence-electron chi connectivity index (χ2n) is 3.59. The van der Waals surface area contributed by atoms with Crippen molar-refractivity contribution in [1.82, 2.24) is 0 Å². The molecule has 1 heterocycles. The van der Waals surface area contributed by atoms with Gasteiger partial charge in [0, 0.05) is 16.0 Å². The Morgan fingerprint density at radius 3 is 2.79 bits per heavy atom. The van der Waals surface area contributed by atoms with Crippen LogP contribution in [0.2, 0.25) is 5.02 Å². The number of amides is 1. The molecule has 0 fully saturated rings. The van der Waals surface area contributed by atoms with Gasteiger partial charge < -0.3 is 5.32 Å². The normalized spacial score (nSPS) is 10.9. The minimum Gasteiger partial charge on any atom is -0.320 e. The van der Waals surface area contributed by atoms with Crippen LogP contribution in [0.4, 0.5) is 10.1 Å². The van der Waals surface area contributed by atoms with Crippen LogP contribution in [-0.2, 0) is 4.79 Å². The van der Waals surface area contributed by atoms with Gasteiger partial charge in [0.1, 0.15) is 5.82 Å². The Kier molecular flexibility index (Phi) is 4.74. The zero-order valence-corrected chi connectivity index (χ0v) is 12.7. The Morgan fingerprint density at radius 1 is 1.37 bits per heavy atom. The number of rotatable bonds is 3. The predicted molar refractivity (Wildman–Crippen MR) is 81.1 cm³/mol. The molecule has 2 aromatic rings. The third-order valence-corrected chi connectivity index (χ3v) is 4.01. The van der Waals surface area contributed by atoms with Crippen molar-refractivity contribution in [2.45, 2.75) is 0 Å². The van der Waals surface area contributed by atoms with E-state index in [0.29, 0.717) is 0 Å². The smallest absolute Gasteiger partial charge is 0.248 e. The third-order valence-electron chi connectivity index (χ3n) is 2.18. The van der Waals surface area contributed by atoms with Crippen molar-refractivity contribution in [1.29, 1.82) is 0 Å². The second kappa shape index (κ2) is 6.32. The molecule has 2 rings (SSSR count). The van der Waals surface area contributed by atoms with Gasteiger partial charge in [0.05, 0.1) is 9.47 Å². The molecule has 2 nitrogen and oxygen atoms in total. The SMILES string of the molecule is O=C(/C=C/c1ccc(Br)s1)Nc1ccc(Cl)cc1F. The molecule has 19 heavy (non-hydrogen) atoms. The number of hydrogen-bond acceptors (Lipinski definition) is 2. The summed E-state index contributed by atoms with van der Waals surface area (Å²) in [5.74, 6) is -0.959. The van der Waals surface area contributed by atoms with E-state index in [2.05, 4.69) is 21.2 Å². The van der Waals surface area contributed by atoms with Crippen LogP contribution in [0.5, 0.6) is 0 Å². The highest BCUT2D eigenvalue weighted by molar-refractivity contribution is 9.11. The molecule has 1 aromatic carbocycles. The first-order valence-electron chi connectivity index (χ1n) is 5.24. The molecule has 0 aliphatic carbocycles. The molecule has 0 aliphatic rings. The summed E-state index contributed by atoms with van der Waals surface area (Å²) in [7, 11) is 0. The van der Waals surface area contributed by atoms with Crippen LogP contribution < -0.4 is 5.32 Å². The van der Waals surface area contributed by atoms with Crippen LogP contribution in [0.1, 0.15) is 4.88 Å². The number of carbonyl (C=O) groups excluding carboxylic acids is 1. The van der Waals surface area contributed by atoms with E-state index < -0.39 is 11.7 Å². The molecule has 6 heteroatoms. The Balaban J connectivity index is 2.03. The van der Waals surface area contributed by atoms with Gasteiger partial charge in [-0.3, -0.25) is 4.79 Å². The molecule has 1 amide bonds. The topological polar surface area (TPSA) is 29.1 Å². The lowest BCUT2D eigenvalue weighted by Crippen LogP contribution is -2.09. The minimum absolute atomic E-state index is 0.103. The number of thiophene rings is 1. The van der Waals surface area contributed by atoms with Gasteiger partial charge >= 0.3 is 0 Å². The average molecular weight is 361 g/mol. The fourth-order valence-corrected chi connectivity index (χ4v) is 2.83. The van der Waals surface area contributed by atoms with E-state index in [1.54, 1.807) is 6.08 Å². The Morgan fingerprint density at radius 2 is 2.16 bits per heavy atom. The molecule has 0 atom stereocenters. The van der Waals surface area contributed by atoms with Gasteiger partial charge in [0.2, 0.25) is 5.91 Å². The van der Waals surface area contributed by atoms with Gasteiger partial charge in [-0.05, 0) is 52.3 Å². The highest BCUT2D eigenvalue weighted by atomic mass is 79.9. The van der Waals surface area contributed by atoms with Crippen molar-refractivity contribution >= 4 is 56.5 Å². The van der Waals surface area contributed by atoms with Crippen LogP contribution in [0.25, 0.3) is 6.08 Å². The van der Waals surface area contributed by atoms with Crippen molar-refractivity contribution < 1.29 is 9.18 Å². The van der Waals surface area contributed by atoms with E-state index in [1.165, 1.54) is 29.5 Å². The van der Waals surface area contributed by atoms with Gasteiger partial charge in [-0.25, -0.2) is 4.39 Å². The molecule has 0 saturated carbocycles. The van der Waals surface area contributed by atoms with Crippen molar-refractivity contribution in [3.8, 4) is 0 Å². The van der Waals surface area contributed by atoms with Crippen molar-refractivity contribution in [2.24, 2.45) is 0 Å². The monoisotopic (exact) mass is 359 g/mol. The fourth-order valence-electron chi connectivity index (χ4n) is 1.34. The summed E-state index contributed by atoms with van der Waals surface area (Å²) in [5.41, 5.74) is 0.103. The van der Waals surface area contributed by atoms with Crippen LogP contribution in [0.3, 0.4) is 0 Å². The molecular formula is C13H8BrClFNOS. The molecule has 0 radical (unpaired) electrons. The van der Waals surface area contributed by atoms with Gasteiger partial charge in [0.15, 0.2) is 0 Å². The number of carbonyl (C=O) groups is 1. The van der Waals surface area contributed by atoms with Gasteiger partial charge in [-0.1, -0.05) is 11.6 Å². The lowest BCUT2D eigenvalue weighted by atomic mass is 10.3. The molecule has 0 spiro atoms. The first-order valence-corrected chi connectivity index (χ1v) is 7.23. The summed E-state index contributed by atoms with van der Waals surface area (Å²) in [6.45, 7) is 0. The van der Waals surface area contributed by atoms with E-state index in [4.69, 9.17) is 11.6 Å². The molecule has 0 aliphatic heterocycles. The van der Waals surface area contributed by atoms with Gasteiger partial charge in [-0.2, -0.15) is 0 Å². The summed E-state index contributed by atoms with van der Waals surface area (Å²) in [4.78, 5) is 12.6. The molecule has 1 aromatic heterocycles. The van der Waals surface area contributed by atoms with Crippen molar-refractivity contribution in [2.75, 3.05) is 5.32 Å². The maximum Gasteiger partial charge on any atom is 0.248 e. The van der Waals surface area contributed by atoms with E-state index >= 15 is 0 Å². The molecule has 98 valence electrons. The lowest BCUT2D eigenvalue weighted by molar-refractivity contribution is -0.111. The van der Waals surface area contributed by atoms with Crippen molar-refractivity contribution in [3.05, 3.63) is 55.9 Å². The van der Waals surface area contributed by atoms with E-state index in [1.807, 2.05) is 12.1 Å². The highest BCUT2D eigenvalue weighted by Crippen LogP contribution is 2.23. The minimum atomic E-state index is -0.562. The predicted octanol–water partition coefficient (Wildman–Crippen LogP) is 4.96. The molecule has 1 N–H and O–H groups in total. The van der Waals surface area contributed by atoms with Crippen LogP contribution >= 0.6 is 38.9 Å². The summed E-state index contributed by atoms with van der Waals surface area (Å²) in [6.07, 6.45) is 3.02. The number of anilines is 1. The summed E-state index contributed by atoms with van der Waals surface area (Å²) < 4.78 is 14.4. The maximum absolute atomic E-state index is 13.4. The average Bonchev–Trinajstić information content (AvgIpc) is 2.76. The molecule has 0 bridgehead atoms. The van der Waals surface area contributed by atoms with Crippen LogP contribution in [-0.4, -0.2) is 5.91 Å². The summed E-state index contributed by atoms with van der Waals surface area (Å²) >= 11 is 10.5. The molecule has 0 unspecified atom stereocenters. The highest BCUT2D eigenvalue weighted by Gasteiger charge is 2.05. The Bertz CT molecular complexity index is 641. The van der Waals surface area contributed by atoms with E-state index in [0.717, 1.165) is 14.7 Å². The first-order chi connectivity index (χ1) is 9.04. The zero-order valence-electron chi connectivity index (χ0n) is 9.49.